The van der Waals surface area contributed by atoms with Gasteiger partial charge in [-0.15, -0.1) is 11.3 Å². The SMILES string of the molecule is Cc1ccc(-c2nc3ccccc3s2)cc1N=C=O. The lowest BCUT2D eigenvalue weighted by molar-refractivity contribution is 0.565. The van der Waals surface area contributed by atoms with Crippen LogP contribution in [0.15, 0.2) is 47.5 Å². The van der Waals surface area contributed by atoms with E-state index < -0.39 is 0 Å². The van der Waals surface area contributed by atoms with Gasteiger partial charge in [0.1, 0.15) is 5.01 Å². The first-order chi connectivity index (χ1) is 9.28. The van der Waals surface area contributed by atoms with Crippen molar-refractivity contribution in [3.63, 3.8) is 0 Å². The maximum absolute atomic E-state index is 10.4. The third kappa shape index (κ3) is 2.19. The van der Waals surface area contributed by atoms with Gasteiger partial charge in [0.15, 0.2) is 0 Å². The van der Waals surface area contributed by atoms with Crippen LogP contribution in [-0.4, -0.2) is 11.1 Å². The quantitative estimate of drug-likeness (QED) is 0.514. The molecule has 1 heterocycles. The summed E-state index contributed by atoms with van der Waals surface area (Å²) in [6.45, 7) is 1.91. The van der Waals surface area contributed by atoms with Crippen LogP contribution in [0.4, 0.5) is 5.69 Å². The van der Waals surface area contributed by atoms with Gasteiger partial charge in [0.05, 0.1) is 15.9 Å². The van der Waals surface area contributed by atoms with Gasteiger partial charge in [-0.05, 0) is 30.7 Å². The summed E-state index contributed by atoms with van der Waals surface area (Å²) >= 11 is 1.63. The van der Waals surface area contributed by atoms with E-state index in [4.69, 9.17) is 0 Å². The first-order valence-corrected chi connectivity index (χ1v) is 6.64. The Bertz CT molecular complexity index is 768. The van der Waals surface area contributed by atoms with E-state index in [9.17, 15) is 4.79 Å². The number of aryl methyl sites for hydroxylation is 1. The van der Waals surface area contributed by atoms with Crippen LogP contribution in [0.5, 0.6) is 0 Å². The zero-order valence-electron chi connectivity index (χ0n) is 10.3. The molecule has 0 spiro atoms. The standard InChI is InChI=1S/C15H10N2OS/c1-10-6-7-11(8-13(10)16-9-18)15-17-12-4-2-3-5-14(12)19-15/h2-8H,1H3. The number of aromatic nitrogens is 1. The van der Waals surface area contributed by atoms with Crippen molar-refractivity contribution >= 4 is 33.3 Å². The summed E-state index contributed by atoms with van der Waals surface area (Å²) in [7, 11) is 0. The van der Waals surface area contributed by atoms with E-state index in [1.165, 1.54) is 0 Å². The van der Waals surface area contributed by atoms with E-state index in [2.05, 4.69) is 16.0 Å². The minimum Gasteiger partial charge on any atom is -0.236 e. The number of hydrogen-bond acceptors (Lipinski definition) is 4. The Hall–Kier alpha value is -2.29. The van der Waals surface area contributed by atoms with Crippen molar-refractivity contribution in [3.05, 3.63) is 48.0 Å². The van der Waals surface area contributed by atoms with E-state index in [1.807, 2.05) is 43.3 Å². The smallest absolute Gasteiger partial charge is 0.236 e. The summed E-state index contributed by atoms with van der Waals surface area (Å²) in [4.78, 5) is 18.7. The van der Waals surface area contributed by atoms with Gasteiger partial charge in [0.25, 0.3) is 0 Å². The third-order valence-corrected chi connectivity index (χ3v) is 4.00. The number of rotatable bonds is 2. The molecular formula is C15H10N2OS. The van der Waals surface area contributed by atoms with Crippen molar-refractivity contribution in [2.24, 2.45) is 4.99 Å². The van der Waals surface area contributed by atoms with E-state index in [0.29, 0.717) is 5.69 Å². The van der Waals surface area contributed by atoms with Crippen molar-refractivity contribution in [1.29, 1.82) is 0 Å². The van der Waals surface area contributed by atoms with E-state index in [0.717, 1.165) is 26.4 Å². The third-order valence-electron chi connectivity index (χ3n) is 2.92. The highest BCUT2D eigenvalue weighted by Crippen LogP contribution is 2.32. The molecule has 3 rings (SSSR count). The molecule has 92 valence electrons. The molecule has 0 fully saturated rings. The maximum Gasteiger partial charge on any atom is 0.240 e. The summed E-state index contributed by atoms with van der Waals surface area (Å²) in [6.07, 6.45) is 1.59. The van der Waals surface area contributed by atoms with Crippen molar-refractivity contribution in [2.75, 3.05) is 0 Å². The van der Waals surface area contributed by atoms with E-state index >= 15 is 0 Å². The molecule has 0 atom stereocenters. The van der Waals surface area contributed by atoms with Gasteiger partial charge >= 0.3 is 0 Å². The first-order valence-electron chi connectivity index (χ1n) is 5.82. The van der Waals surface area contributed by atoms with E-state index in [1.54, 1.807) is 17.4 Å². The predicted molar refractivity (Wildman–Crippen MR) is 77.6 cm³/mol. The number of hydrogen-bond donors (Lipinski definition) is 0. The number of para-hydroxylation sites is 1. The molecule has 0 aliphatic carbocycles. The van der Waals surface area contributed by atoms with Gasteiger partial charge in [-0.2, -0.15) is 4.99 Å². The molecule has 0 unspecified atom stereocenters. The van der Waals surface area contributed by atoms with Crippen molar-refractivity contribution in [2.45, 2.75) is 6.92 Å². The number of nitrogens with zero attached hydrogens (tertiary/aromatic N) is 2. The zero-order valence-corrected chi connectivity index (χ0v) is 11.1. The molecule has 4 heteroatoms. The highest BCUT2D eigenvalue weighted by atomic mass is 32.1. The second-order valence-corrected chi connectivity index (χ2v) is 5.22. The summed E-state index contributed by atoms with van der Waals surface area (Å²) in [5, 5.41) is 0.934. The van der Waals surface area contributed by atoms with Crippen LogP contribution >= 0.6 is 11.3 Å². The number of thiazole rings is 1. The highest BCUT2D eigenvalue weighted by Gasteiger charge is 2.07. The molecule has 0 bridgehead atoms. The monoisotopic (exact) mass is 266 g/mol. The zero-order chi connectivity index (χ0) is 13.2. The van der Waals surface area contributed by atoms with Crippen LogP contribution < -0.4 is 0 Å². The Morgan fingerprint density at radius 3 is 2.84 bits per heavy atom. The summed E-state index contributed by atoms with van der Waals surface area (Å²) < 4.78 is 1.15. The van der Waals surface area contributed by atoms with Crippen LogP contribution in [-0.2, 0) is 4.79 Å². The normalized spacial score (nSPS) is 10.4. The average molecular weight is 266 g/mol. The average Bonchev–Trinajstić information content (AvgIpc) is 2.85. The van der Waals surface area contributed by atoms with Gasteiger partial charge in [-0.3, -0.25) is 0 Å². The lowest BCUT2D eigenvalue weighted by atomic mass is 10.1. The highest BCUT2D eigenvalue weighted by molar-refractivity contribution is 7.21. The molecule has 3 nitrogen and oxygen atoms in total. The Balaban J connectivity index is 2.15. The van der Waals surface area contributed by atoms with Crippen molar-refractivity contribution in [1.82, 2.24) is 4.98 Å². The molecule has 0 N–H and O–H groups in total. The van der Waals surface area contributed by atoms with Gasteiger partial charge in [0, 0.05) is 5.56 Å². The van der Waals surface area contributed by atoms with Crippen molar-refractivity contribution in [3.8, 4) is 10.6 Å². The number of carbonyl (C=O) groups excluding carboxylic acids is 1. The van der Waals surface area contributed by atoms with Crippen LogP contribution in [0.2, 0.25) is 0 Å². The van der Waals surface area contributed by atoms with Gasteiger partial charge in [-0.1, -0.05) is 24.3 Å². The molecule has 0 aliphatic rings. The molecule has 0 saturated carbocycles. The fourth-order valence-electron chi connectivity index (χ4n) is 1.91. The second kappa shape index (κ2) is 4.76. The fraction of sp³-hybridized carbons (Fsp3) is 0.0667. The Labute approximate surface area is 114 Å². The van der Waals surface area contributed by atoms with Gasteiger partial charge in [-0.25, -0.2) is 9.78 Å². The van der Waals surface area contributed by atoms with Gasteiger partial charge in [0.2, 0.25) is 6.08 Å². The maximum atomic E-state index is 10.4. The molecule has 3 aromatic rings. The second-order valence-electron chi connectivity index (χ2n) is 4.19. The molecule has 0 radical (unpaired) electrons. The molecule has 19 heavy (non-hydrogen) atoms. The predicted octanol–water partition coefficient (Wildman–Crippen LogP) is 4.24. The fourth-order valence-corrected chi connectivity index (χ4v) is 2.87. The number of benzene rings is 2. The van der Waals surface area contributed by atoms with Gasteiger partial charge < -0.3 is 0 Å². The van der Waals surface area contributed by atoms with Crippen LogP contribution in [0.25, 0.3) is 20.8 Å². The van der Waals surface area contributed by atoms with Crippen molar-refractivity contribution < 1.29 is 4.79 Å². The Kier molecular flexibility index (Phi) is 2.95. The summed E-state index contributed by atoms with van der Waals surface area (Å²) in [5.74, 6) is 0. The topological polar surface area (TPSA) is 42.3 Å². The number of isocyanates is 1. The largest absolute Gasteiger partial charge is 0.240 e. The van der Waals surface area contributed by atoms with Crippen LogP contribution in [0.3, 0.4) is 0 Å². The molecular weight excluding hydrogens is 256 g/mol. The van der Waals surface area contributed by atoms with Crippen LogP contribution in [0.1, 0.15) is 5.56 Å². The molecule has 2 aromatic carbocycles. The molecule has 0 amide bonds. The lowest BCUT2D eigenvalue weighted by Gasteiger charge is -2.00. The summed E-state index contributed by atoms with van der Waals surface area (Å²) in [6, 6.07) is 13.8. The summed E-state index contributed by atoms with van der Waals surface area (Å²) in [5.41, 5.74) is 3.56. The number of aliphatic imine (C=N–C) groups is 1. The number of fused-ring (bicyclic) bond motifs is 1. The Morgan fingerprint density at radius 1 is 1.21 bits per heavy atom. The minimum atomic E-state index is 0.645. The molecule has 1 aromatic heterocycles. The molecule has 0 aliphatic heterocycles. The Morgan fingerprint density at radius 2 is 2.05 bits per heavy atom. The minimum absolute atomic E-state index is 0.645. The van der Waals surface area contributed by atoms with E-state index in [-0.39, 0.29) is 0 Å². The first kappa shape index (κ1) is 11.8. The van der Waals surface area contributed by atoms with Crippen LogP contribution in [0, 0.1) is 6.92 Å². The molecule has 0 saturated heterocycles. The lowest BCUT2D eigenvalue weighted by Crippen LogP contribution is -1.79.